The first-order valence-corrected chi connectivity index (χ1v) is 6.70. The predicted molar refractivity (Wildman–Crippen MR) is 77.4 cm³/mol. The summed E-state index contributed by atoms with van der Waals surface area (Å²) in [4.78, 5) is 7.09. The van der Waals surface area contributed by atoms with Crippen LogP contribution in [-0.4, -0.2) is 25.1 Å². The van der Waals surface area contributed by atoms with Gasteiger partial charge in [-0.1, -0.05) is 24.3 Å². The van der Waals surface area contributed by atoms with Crippen LogP contribution in [0, 0.1) is 0 Å². The molecule has 3 nitrogen and oxygen atoms in total. The Morgan fingerprint density at radius 1 is 1.06 bits per heavy atom. The van der Waals surface area contributed by atoms with Crippen LogP contribution in [0.3, 0.4) is 0 Å². The second-order valence-electron chi connectivity index (χ2n) is 4.84. The summed E-state index contributed by atoms with van der Waals surface area (Å²) >= 11 is 0. The fourth-order valence-corrected chi connectivity index (χ4v) is 2.73. The molecule has 0 saturated carbocycles. The molecule has 0 aliphatic carbocycles. The molecule has 1 aliphatic rings. The monoisotopic (exact) mass is 241 g/mol. The average molecular weight is 241 g/mol. The van der Waals surface area contributed by atoms with E-state index in [2.05, 4.69) is 39.5 Å². The number of fused-ring (bicyclic) bond motifs is 1. The summed E-state index contributed by atoms with van der Waals surface area (Å²) in [5.41, 5.74) is 1.10. The van der Waals surface area contributed by atoms with Crippen molar-refractivity contribution in [3.63, 3.8) is 0 Å². The standard InChI is InChI=1S/C15H19N3/c1-16-14-11-17-15(18-9-5-2-6-10-18)13-8-4-3-7-12(13)14/h3-4,7-8,11,16H,2,5-6,9-10H2,1H3. The molecule has 0 radical (unpaired) electrons. The first kappa shape index (κ1) is 11.3. The Bertz CT molecular complexity index is 544. The van der Waals surface area contributed by atoms with Gasteiger partial charge in [0.15, 0.2) is 0 Å². The number of anilines is 2. The molecule has 1 fully saturated rings. The Morgan fingerprint density at radius 2 is 1.78 bits per heavy atom. The van der Waals surface area contributed by atoms with Gasteiger partial charge in [-0.15, -0.1) is 0 Å². The lowest BCUT2D eigenvalue weighted by Crippen LogP contribution is -2.30. The van der Waals surface area contributed by atoms with E-state index in [0.717, 1.165) is 24.6 Å². The topological polar surface area (TPSA) is 28.2 Å². The zero-order valence-corrected chi connectivity index (χ0v) is 10.8. The highest BCUT2D eigenvalue weighted by Crippen LogP contribution is 2.31. The van der Waals surface area contributed by atoms with Crippen molar-refractivity contribution in [1.82, 2.24) is 4.98 Å². The van der Waals surface area contributed by atoms with Crippen molar-refractivity contribution in [3.8, 4) is 0 Å². The van der Waals surface area contributed by atoms with E-state index in [1.807, 2.05) is 13.2 Å². The molecule has 0 spiro atoms. The molecule has 0 amide bonds. The summed E-state index contributed by atoms with van der Waals surface area (Å²) in [6.45, 7) is 2.27. The van der Waals surface area contributed by atoms with E-state index < -0.39 is 0 Å². The Balaban J connectivity index is 2.12. The van der Waals surface area contributed by atoms with E-state index in [1.54, 1.807) is 0 Å². The molecule has 0 bridgehead atoms. The zero-order chi connectivity index (χ0) is 12.4. The van der Waals surface area contributed by atoms with Gasteiger partial charge in [0.05, 0.1) is 11.9 Å². The van der Waals surface area contributed by atoms with Crippen LogP contribution in [0.25, 0.3) is 10.8 Å². The molecule has 3 heteroatoms. The van der Waals surface area contributed by atoms with E-state index in [-0.39, 0.29) is 0 Å². The van der Waals surface area contributed by atoms with Gasteiger partial charge in [0, 0.05) is 30.9 Å². The molecule has 3 rings (SSSR count). The summed E-state index contributed by atoms with van der Waals surface area (Å²) in [5, 5.41) is 5.73. The lowest BCUT2D eigenvalue weighted by Gasteiger charge is -2.29. The van der Waals surface area contributed by atoms with Gasteiger partial charge in [0.25, 0.3) is 0 Å². The van der Waals surface area contributed by atoms with Crippen molar-refractivity contribution in [1.29, 1.82) is 0 Å². The highest BCUT2D eigenvalue weighted by molar-refractivity contribution is 6.00. The number of pyridine rings is 1. The maximum Gasteiger partial charge on any atom is 0.136 e. The molecule has 1 saturated heterocycles. The van der Waals surface area contributed by atoms with Crippen molar-refractivity contribution in [2.24, 2.45) is 0 Å². The number of piperidine rings is 1. The highest BCUT2D eigenvalue weighted by atomic mass is 15.2. The zero-order valence-electron chi connectivity index (χ0n) is 10.8. The minimum absolute atomic E-state index is 1.10. The van der Waals surface area contributed by atoms with E-state index in [4.69, 9.17) is 0 Å². The Morgan fingerprint density at radius 3 is 2.50 bits per heavy atom. The highest BCUT2D eigenvalue weighted by Gasteiger charge is 2.15. The van der Waals surface area contributed by atoms with Crippen LogP contribution in [0.4, 0.5) is 11.5 Å². The van der Waals surface area contributed by atoms with Crippen LogP contribution in [-0.2, 0) is 0 Å². The van der Waals surface area contributed by atoms with Gasteiger partial charge in [0.2, 0.25) is 0 Å². The summed E-state index contributed by atoms with van der Waals surface area (Å²) in [6.07, 6.45) is 5.86. The van der Waals surface area contributed by atoms with Crippen molar-refractivity contribution in [3.05, 3.63) is 30.5 Å². The van der Waals surface area contributed by atoms with Crippen LogP contribution in [0.2, 0.25) is 0 Å². The van der Waals surface area contributed by atoms with Crippen LogP contribution < -0.4 is 10.2 Å². The maximum atomic E-state index is 4.66. The smallest absolute Gasteiger partial charge is 0.136 e. The normalized spacial score (nSPS) is 15.9. The second-order valence-corrected chi connectivity index (χ2v) is 4.84. The number of benzene rings is 1. The largest absolute Gasteiger partial charge is 0.386 e. The molecule has 18 heavy (non-hydrogen) atoms. The molecule has 2 aromatic rings. The molecule has 1 aromatic carbocycles. The third-order valence-electron chi connectivity index (χ3n) is 3.70. The van der Waals surface area contributed by atoms with E-state index >= 15 is 0 Å². The van der Waals surface area contributed by atoms with Crippen LogP contribution in [0.5, 0.6) is 0 Å². The second kappa shape index (κ2) is 4.84. The fourth-order valence-electron chi connectivity index (χ4n) is 2.73. The number of nitrogens with zero attached hydrogens (tertiary/aromatic N) is 2. The van der Waals surface area contributed by atoms with Crippen molar-refractivity contribution in [2.45, 2.75) is 19.3 Å². The molecule has 2 heterocycles. The van der Waals surface area contributed by atoms with Crippen LogP contribution in [0.15, 0.2) is 30.5 Å². The van der Waals surface area contributed by atoms with Crippen molar-refractivity contribution in [2.75, 3.05) is 30.4 Å². The summed E-state index contributed by atoms with van der Waals surface area (Å²) in [6, 6.07) is 8.52. The molecule has 0 atom stereocenters. The third-order valence-corrected chi connectivity index (χ3v) is 3.70. The first-order chi connectivity index (χ1) is 8.90. The fraction of sp³-hybridized carbons (Fsp3) is 0.400. The van der Waals surface area contributed by atoms with Gasteiger partial charge < -0.3 is 10.2 Å². The van der Waals surface area contributed by atoms with Gasteiger partial charge in [-0.25, -0.2) is 4.98 Å². The predicted octanol–water partition coefficient (Wildman–Crippen LogP) is 3.27. The van der Waals surface area contributed by atoms with Gasteiger partial charge in [-0.3, -0.25) is 0 Å². The Labute approximate surface area is 108 Å². The van der Waals surface area contributed by atoms with Crippen molar-refractivity contribution < 1.29 is 0 Å². The minimum Gasteiger partial charge on any atom is -0.386 e. The summed E-state index contributed by atoms with van der Waals surface area (Å²) in [7, 11) is 1.95. The maximum absolute atomic E-state index is 4.66. The van der Waals surface area contributed by atoms with Crippen LogP contribution >= 0.6 is 0 Å². The van der Waals surface area contributed by atoms with E-state index in [1.165, 1.54) is 30.0 Å². The van der Waals surface area contributed by atoms with Gasteiger partial charge in [-0.05, 0) is 19.3 Å². The molecule has 1 aliphatic heterocycles. The van der Waals surface area contributed by atoms with Crippen molar-refractivity contribution >= 4 is 22.3 Å². The third kappa shape index (κ3) is 1.90. The van der Waals surface area contributed by atoms with Gasteiger partial charge >= 0.3 is 0 Å². The minimum atomic E-state index is 1.10. The lowest BCUT2D eigenvalue weighted by molar-refractivity contribution is 0.575. The van der Waals surface area contributed by atoms with E-state index in [0.29, 0.717) is 0 Å². The Kier molecular flexibility index (Phi) is 3.05. The SMILES string of the molecule is CNc1cnc(N2CCCCC2)c2ccccc12. The number of hydrogen-bond acceptors (Lipinski definition) is 3. The molecular formula is C15H19N3. The molecule has 94 valence electrons. The van der Waals surface area contributed by atoms with Gasteiger partial charge in [0.1, 0.15) is 5.82 Å². The molecule has 0 unspecified atom stereocenters. The molecule has 1 N–H and O–H groups in total. The Hall–Kier alpha value is -1.77. The summed E-state index contributed by atoms with van der Waals surface area (Å²) < 4.78 is 0. The quantitative estimate of drug-likeness (QED) is 0.874. The van der Waals surface area contributed by atoms with Gasteiger partial charge in [-0.2, -0.15) is 0 Å². The summed E-state index contributed by atoms with van der Waals surface area (Å²) in [5.74, 6) is 1.14. The molecule has 1 aromatic heterocycles. The lowest BCUT2D eigenvalue weighted by atomic mass is 10.1. The average Bonchev–Trinajstić information content (AvgIpc) is 2.47. The number of nitrogens with one attached hydrogen (secondary N) is 1. The first-order valence-electron chi connectivity index (χ1n) is 6.70. The number of hydrogen-bond donors (Lipinski definition) is 1. The number of rotatable bonds is 2. The van der Waals surface area contributed by atoms with Crippen LogP contribution in [0.1, 0.15) is 19.3 Å². The van der Waals surface area contributed by atoms with E-state index in [9.17, 15) is 0 Å². The number of aromatic nitrogens is 1. The molecular weight excluding hydrogens is 222 g/mol.